The van der Waals surface area contributed by atoms with Crippen LogP contribution in [0.3, 0.4) is 0 Å². The molecule has 0 fully saturated rings. The summed E-state index contributed by atoms with van der Waals surface area (Å²) in [5.41, 5.74) is 0. The van der Waals surface area contributed by atoms with E-state index < -0.39 is 5.97 Å². The number of thiazole rings is 1. The van der Waals surface area contributed by atoms with Gasteiger partial charge in [0, 0.05) is 11.0 Å². The van der Waals surface area contributed by atoms with Crippen molar-refractivity contribution in [2.24, 2.45) is 0 Å². The van der Waals surface area contributed by atoms with E-state index in [9.17, 15) is 9.59 Å². The molecule has 0 atom stereocenters. The molecule has 0 saturated heterocycles. The number of carbonyl (C=O) groups excluding carboxylic acids is 2. The smallest absolute Gasteiger partial charge is 0.349 e. The van der Waals surface area contributed by atoms with Gasteiger partial charge in [-0.3, -0.25) is 10.1 Å². The Morgan fingerprint density at radius 3 is 3.00 bits per heavy atom. The van der Waals surface area contributed by atoms with Crippen molar-refractivity contribution in [3.8, 4) is 0 Å². The third-order valence-corrected chi connectivity index (χ3v) is 3.79. The van der Waals surface area contributed by atoms with Crippen molar-refractivity contribution >= 4 is 45.8 Å². The highest BCUT2D eigenvalue weighted by molar-refractivity contribution is 7.17. The number of carbonyl (C=O) groups is 2. The van der Waals surface area contributed by atoms with Gasteiger partial charge in [0.15, 0.2) is 5.13 Å². The second-order valence-electron chi connectivity index (χ2n) is 3.36. The summed E-state index contributed by atoms with van der Waals surface area (Å²) in [5.74, 6) is -0.758. The van der Waals surface area contributed by atoms with Crippen molar-refractivity contribution in [3.63, 3.8) is 0 Å². The fraction of sp³-hybridized carbons (Fsp3) is 0.0833. The van der Waals surface area contributed by atoms with Crippen LogP contribution in [0.25, 0.3) is 6.08 Å². The number of nitrogens with one attached hydrogen (secondary N) is 1. The third-order valence-electron chi connectivity index (χ3n) is 2.06. The number of esters is 1. The number of anilines is 1. The van der Waals surface area contributed by atoms with Gasteiger partial charge in [-0.05, 0) is 17.5 Å². The normalized spacial score (nSPS) is 10.6. The van der Waals surface area contributed by atoms with Crippen molar-refractivity contribution in [1.29, 1.82) is 0 Å². The number of thiophene rings is 1. The zero-order chi connectivity index (χ0) is 13.7. The number of ether oxygens (including phenoxy) is 1. The standard InChI is InChI=1S/C12H10N2O3S2/c1-17-11(16)9-7-13-12(19-9)14-10(15)5-4-8-3-2-6-18-8/h2-7H,1H3,(H,13,14,15)/b5-4+. The summed E-state index contributed by atoms with van der Waals surface area (Å²) in [6, 6.07) is 3.82. The maximum absolute atomic E-state index is 11.6. The Morgan fingerprint density at radius 1 is 1.47 bits per heavy atom. The molecule has 0 saturated carbocycles. The molecule has 0 aliphatic heterocycles. The fourth-order valence-corrected chi connectivity index (χ4v) is 2.57. The molecule has 0 spiro atoms. The molecule has 1 N–H and O–H groups in total. The first-order valence-corrected chi connectivity index (χ1v) is 6.95. The first-order valence-electron chi connectivity index (χ1n) is 5.26. The van der Waals surface area contributed by atoms with Gasteiger partial charge < -0.3 is 4.74 Å². The second kappa shape index (κ2) is 6.26. The molecule has 0 unspecified atom stereocenters. The molecule has 2 rings (SSSR count). The van der Waals surface area contributed by atoms with Crippen LogP contribution in [0.15, 0.2) is 29.8 Å². The summed E-state index contributed by atoms with van der Waals surface area (Å²) in [4.78, 5) is 28.1. The van der Waals surface area contributed by atoms with Crippen LogP contribution in [-0.4, -0.2) is 24.0 Å². The van der Waals surface area contributed by atoms with Crippen molar-refractivity contribution in [2.75, 3.05) is 12.4 Å². The molecule has 7 heteroatoms. The highest BCUT2D eigenvalue weighted by Gasteiger charge is 2.11. The largest absolute Gasteiger partial charge is 0.465 e. The van der Waals surface area contributed by atoms with E-state index in [1.54, 1.807) is 17.4 Å². The molecule has 2 heterocycles. The summed E-state index contributed by atoms with van der Waals surface area (Å²) >= 11 is 2.61. The zero-order valence-corrected chi connectivity index (χ0v) is 11.6. The van der Waals surface area contributed by atoms with E-state index in [1.165, 1.54) is 19.4 Å². The van der Waals surface area contributed by atoms with Gasteiger partial charge in [0.2, 0.25) is 5.91 Å². The fourth-order valence-electron chi connectivity index (χ4n) is 1.22. The van der Waals surface area contributed by atoms with E-state index in [0.717, 1.165) is 16.2 Å². The van der Waals surface area contributed by atoms with Crippen LogP contribution < -0.4 is 5.32 Å². The van der Waals surface area contributed by atoms with Gasteiger partial charge in [-0.2, -0.15) is 0 Å². The molecule has 98 valence electrons. The average molecular weight is 294 g/mol. The van der Waals surface area contributed by atoms with Gasteiger partial charge in [0.25, 0.3) is 0 Å². The third kappa shape index (κ3) is 3.73. The molecule has 2 aromatic heterocycles. The highest BCUT2D eigenvalue weighted by Crippen LogP contribution is 2.18. The van der Waals surface area contributed by atoms with E-state index in [1.807, 2.05) is 17.5 Å². The van der Waals surface area contributed by atoms with E-state index in [0.29, 0.717) is 10.0 Å². The maximum atomic E-state index is 11.6. The Morgan fingerprint density at radius 2 is 2.32 bits per heavy atom. The Balaban J connectivity index is 1.95. The van der Waals surface area contributed by atoms with Crippen LogP contribution in [0.5, 0.6) is 0 Å². The molecule has 2 aromatic rings. The summed E-state index contributed by atoms with van der Waals surface area (Å²) in [7, 11) is 1.30. The monoisotopic (exact) mass is 294 g/mol. The zero-order valence-electron chi connectivity index (χ0n) is 9.95. The van der Waals surface area contributed by atoms with E-state index in [-0.39, 0.29) is 5.91 Å². The van der Waals surface area contributed by atoms with Crippen LogP contribution in [0.2, 0.25) is 0 Å². The van der Waals surface area contributed by atoms with Crippen LogP contribution in [-0.2, 0) is 9.53 Å². The number of methoxy groups -OCH3 is 1. The van der Waals surface area contributed by atoms with Gasteiger partial charge in [0.1, 0.15) is 4.88 Å². The lowest BCUT2D eigenvalue weighted by atomic mass is 10.4. The van der Waals surface area contributed by atoms with Crippen molar-refractivity contribution < 1.29 is 14.3 Å². The molecular weight excluding hydrogens is 284 g/mol. The van der Waals surface area contributed by atoms with Gasteiger partial charge in [-0.1, -0.05) is 17.4 Å². The number of aromatic nitrogens is 1. The Labute approximate surface area is 117 Å². The minimum Gasteiger partial charge on any atom is -0.465 e. The summed E-state index contributed by atoms with van der Waals surface area (Å²) < 4.78 is 4.56. The summed E-state index contributed by atoms with van der Waals surface area (Å²) in [5, 5.41) is 4.88. The lowest BCUT2D eigenvalue weighted by Gasteiger charge is -1.95. The number of hydrogen-bond donors (Lipinski definition) is 1. The van der Waals surface area contributed by atoms with Gasteiger partial charge in [0.05, 0.1) is 13.3 Å². The van der Waals surface area contributed by atoms with Crippen molar-refractivity contribution in [1.82, 2.24) is 4.98 Å². The molecule has 19 heavy (non-hydrogen) atoms. The molecule has 5 nitrogen and oxygen atoms in total. The van der Waals surface area contributed by atoms with E-state index in [4.69, 9.17) is 0 Å². The molecule has 0 bridgehead atoms. The average Bonchev–Trinajstić information content (AvgIpc) is 3.06. The predicted octanol–water partition coefficient (Wildman–Crippen LogP) is 2.64. The quantitative estimate of drug-likeness (QED) is 0.695. The summed E-state index contributed by atoms with van der Waals surface area (Å²) in [6.07, 6.45) is 4.51. The Bertz CT molecular complexity index is 602. The minimum absolute atomic E-state index is 0.292. The number of hydrogen-bond acceptors (Lipinski definition) is 6. The van der Waals surface area contributed by atoms with Crippen molar-refractivity contribution in [2.45, 2.75) is 0 Å². The van der Waals surface area contributed by atoms with Crippen molar-refractivity contribution in [3.05, 3.63) is 39.5 Å². The first-order chi connectivity index (χ1) is 9.19. The highest BCUT2D eigenvalue weighted by atomic mass is 32.1. The Hall–Kier alpha value is -1.99. The van der Waals surface area contributed by atoms with Crippen LogP contribution in [0.4, 0.5) is 5.13 Å². The van der Waals surface area contributed by atoms with Crippen LogP contribution in [0, 0.1) is 0 Å². The molecular formula is C12H10N2O3S2. The topological polar surface area (TPSA) is 68.3 Å². The SMILES string of the molecule is COC(=O)c1cnc(NC(=O)/C=C/c2cccs2)s1. The maximum Gasteiger partial charge on any atom is 0.349 e. The second-order valence-corrected chi connectivity index (χ2v) is 5.37. The lowest BCUT2D eigenvalue weighted by Crippen LogP contribution is -2.06. The molecule has 0 aliphatic carbocycles. The van der Waals surface area contributed by atoms with E-state index >= 15 is 0 Å². The van der Waals surface area contributed by atoms with Gasteiger partial charge in [-0.15, -0.1) is 11.3 Å². The van der Waals surface area contributed by atoms with Crippen LogP contribution >= 0.6 is 22.7 Å². The number of rotatable bonds is 4. The predicted molar refractivity (Wildman–Crippen MR) is 75.4 cm³/mol. The Kier molecular flexibility index (Phi) is 4.43. The molecule has 1 amide bonds. The lowest BCUT2D eigenvalue weighted by molar-refractivity contribution is -0.111. The number of amides is 1. The van der Waals surface area contributed by atoms with Crippen LogP contribution in [0.1, 0.15) is 14.5 Å². The first kappa shape index (κ1) is 13.4. The molecule has 0 aromatic carbocycles. The van der Waals surface area contributed by atoms with Gasteiger partial charge in [-0.25, -0.2) is 9.78 Å². The summed E-state index contributed by atoms with van der Waals surface area (Å²) in [6.45, 7) is 0. The molecule has 0 radical (unpaired) electrons. The minimum atomic E-state index is -0.466. The number of nitrogens with zero attached hydrogens (tertiary/aromatic N) is 1. The van der Waals surface area contributed by atoms with Gasteiger partial charge >= 0.3 is 5.97 Å². The molecule has 0 aliphatic rings. The van der Waals surface area contributed by atoms with E-state index in [2.05, 4.69) is 15.0 Å².